The summed E-state index contributed by atoms with van der Waals surface area (Å²) in [4.78, 5) is 14.2. The van der Waals surface area contributed by atoms with Gasteiger partial charge in [0.2, 0.25) is 0 Å². The molecule has 1 heterocycles. The van der Waals surface area contributed by atoms with Crippen molar-refractivity contribution >= 4 is 5.97 Å². The smallest absolute Gasteiger partial charge is 0.323 e. The van der Waals surface area contributed by atoms with Crippen LogP contribution in [0.15, 0.2) is 0 Å². The van der Waals surface area contributed by atoms with Crippen LogP contribution >= 0.6 is 0 Å². The van der Waals surface area contributed by atoms with Crippen LogP contribution in [-0.4, -0.2) is 47.2 Å². The van der Waals surface area contributed by atoms with Crippen LogP contribution in [0.5, 0.6) is 0 Å². The van der Waals surface area contributed by atoms with Gasteiger partial charge in [0.15, 0.2) is 0 Å². The van der Waals surface area contributed by atoms with Crippen molar-refractivity contribution < 1.29 is 9.90 Å². The van der Waals surface area contributed by atoms with Crippen LogP contribution in [0.3, 0.4) is 0 Å². The lowest BCUT2D eigenvalue weighted by atomic mass is 9.86. The van der Waals surface area contributed by atoms with Gasteiger partial charge in [0.05, 0.1) is 0 Å². The van der Waals surface area contributed by atoms with Gasteiger partial charge in [-0.25, -0.2) is 0 Å². The number of carboxylic acids is 1. The number of hydrogen-bond donors (Lipinski definition) is 2. The average Bonchev–Trinajstić information content (AvgIpc) is 2.63. The Labute approximate surface area is 116 Å². The van der Waals surface area contributed by atoms with Crippen molar-refractivity contribution in [2.45, 2.75) is 69.9 Å². The summed E-state index contributed by atoms with van der Waals surface area (Å²) in [6, 6.07) is 0.415. The Morgan fingerprint density at radius 1 is 1.21 bits per heavy atom. The summed E-state index contributed by atoms with van der Waals surface area (Å²) in [5.74, 6) is -0.643. The van der Waals surface area contributed by atoms with E-state index in [0.29, 0.717) is 6.04 Å². The van der Waals surface area contributed by atoms with Crippen molar-refractivity contribution in [3.63, 3.8) is 0 Å². The molecule has 1 aliphatic carbocycles. The lowest BCUT2D eigenvalue weighted by molar-refractivity contribution is -0.146. The van der Waals surface area contributed by atoms with E-state index in [2.05, 4.69) is 17.1 Å². The van der Waals surface area contributed by atoms with Crippen LogP contribution in [0, 0.1) is 0 Å². The molecule has 0 bridgehead atoms. The molecule has 1 saturated carbocycles. The van der Waals surface area contributed by atoms with Gasteiger partial charge in [0.1, 0.15) is 5.54 Å². The van der Waals surface area contributed by atoms with Gasteiger partial charge in [-0.15, -0.1) is 0 Å². The topological polar surface area (TPSA) is 52.6 Å². The first-order valence-corrected chi connectivity index (χ1v) is 7.90. The van der Waals surface area contributed by atoms with E-state index in [1.54, 1.807) is 0 Å². The second-order valence-electron chi connectivity index (χ2n) is 6.15. The van der Waals surface area contributed by atoms with Gasteiger partial charge < -0.3 is 10.0 Å². The summed E-state index contributed by atoms with van der Waals surface area (Å²) in [6.45, 7) is 5.13. The van der Waals surface area contributed by atoms with Crippen molar-refractivity contribution in [1.82, 2.24) is 10.2 Å². The molecule has 0 radical (unpaired) electrons. The Kier molecular flexibility index (Phi) is 5.22. The van der Waals surface area contributed by atoms with E-state index in [9.17, 15) is 9.90 Å². The Morgan fingerprint density at radius 2 is 1.95 bits per heavy atom. The molecule has 4 nitrogen and oxygen atoms in total. The molecular formula is C15H28N2O2. The SMILES string of the molecule is CCN1CCCC(NC2CCCCC2)(C(=O)O)CC1. The van der Waals surface area contributed by atoms with Crippen LogP contribution in [0.1, 0.15) is 58.3 Å². The van der Waals surface area contributed by atoms with E-state index >= 15 is 0 Å². The minimum Gasteiger partial charge on any atom is -0.480 e. The Bertz CT molecular complexity index is 303. The van der Waals surface area contributed by atoms with Crippen LogP contribution in [0.4, 0.5) is 0 Å². The maximum atomic E-state index is 11.8. The lowest BCUT2D eigenvalue weighted by Crippen LogP contribution is -2.56. The molecule has 110 valence electrons. The van der Waals surface area contributed by atoms with Gasteiger partial charge in [0.25, 0.3) is 0 Å². The van der Waals surface area contributed by atoms with Gasteiger partial charge in [0, 0.05) is 12.6 Å². The van der Waals surface area contributed by atoms with Crippen LogP contribution in [-0.2, 0) is 4.79 Å². The molecule has 2 rings (SSSR count). The quantitative estimate of drug-likeness (QED) is 0.821. The summed E-state index contributed by atoms with van der Waals surface area (Å²) in [6.07, 6.45) is 8.59. The molecule has 0 aromatic rings. The van der Waals surface area contributed by atoms with E-state index in [0.717, 1.165) is 51.7 Å². The van der Waals surface area contributed by atoms with Gasteiger partial charge in [-0.05, 0) is 45.2 Å². The zero-order chi connectivity index (χ0) is 13.7. The molecule has 1 saturated heterocycles. The maximum absolute atomic E-state index is 11.8. The van der Waals surface area contributed by atoms with Crippen molar-refractivity contribution in [2.75, 3.05) is 19.6 Å². The molecule has 0 aromatic heterocycles. The van der Waals surface area contributed by atoms with Crippen LogP contribution in [0.2, 0.25) is 0 Å². The molecule has 2 fully saturated rings. The summed E-state index contributed by atoms with van der Waals surface area (Å²) in [5.41, 5.74) is -0.675. The second kappa shape index (κ2) is 6.71. The van der Waals surface area contributed by atoms with Crippen molar-refractivity contribution in [2.24, 2.45) is 0 Å². The zero-order valence-electron chi connectivity index (χ0n) is 12.2. The number of likely N-dealkylation sites (tertiary alicyclic amines) is 1. The predicted octanol–water partition coefficient (Wildman–Crippen LogP) is 2.24. The Morgan fingerprint density at radius 3 is 2.58 bits per heavy atom. The molecule has 1 aliphatic heterocycles. The molecule has 0 aromatic carbocycles. The third-order valence-corrected chi connectivity index (χ3v) is 4.87. The minimum atomic E-state index is -0.675. The van der Waals surface area contributed by atoms with E-state index in [1.807, 2.05) is 0 Å². The molecule has 0 spiro atoms. The summed E-state index contributed by atoms with van der Waals surface area (Å²) in [7, 11) is 0. The third-order valence-electron chi connectivity index (χ3n) is 4.87. The van der Waals surface area contributed by atoms with Crippen molar-refractivity contribution in [1.29, 1.82) is 0 Å². The first-order chi connectivity index (χ1) is 9.16. The number of nitrogens with one attached hydrogen (secondary N) is 1. The molecular weight excluding hydrogens is 240 g/mol. The molecule has 0 amide bonds. The average molecular weight is 268 g/mol. The predicted molar refractivity (Wildman–Crippen MR) is 76.3 cm³/mol. The number of carboxylic acid groups (broad SMARTS) is 1. The third kappa shape index (κ3) is 3.69. The molecule has 1 unspecified atom stereocenters. The Hall–Kier alpha value is -0.610. The highest BCUT2D eigenvalue weighted by atomic mass is 16.4. The molecule has 2 aliphatic rings. The van der Waals surface area contributed by atoms with Gasteiger partial charge in [-0.1, -0.05) is 26.2 Å². The number of aliphatic carboxylic acids is 1. The lowest BCUT2D eigenvalue weighted by Gasteiger charge is -2.35. The van der Waals surface area contributed by atoms with E-state index < -0.39 is 11.5 Å². The first kappa shape index (κ1) is 14.8. The maximum Gasteiger partial charge on any atom is 0.323 e. The highest BCUT2D eigenvalue weighted by molar-refractivity contribution is 5.79. The Balaban J connectivity index is 2.02. The van der Waals surface area contributed by atoms with Crippen molar-refractivity contribution in [3.05, 3.63) is 0 Å². The fourth-order valence-electron chi connectivity index (χ4n) is 3.56. The number of rotatable bonds is 4. The van der Waals surface area contributed by atoms with Crippen LogP contribution < -0.4 is 5.32 Å². The highest BCUT2D eigenvalue weighted by Crippen LogP contribution is 2.27. The number of nitrogens with zero attached hydrogens (tertiary/aromatic N) is 1. The van der Waals surface area contributed by atoms with E-state index in [-0.39, 0.29) is 0 Å². The highest BCUT2D eigenvalue weighted by Gasteiger charge is 2.41. The number of hydrogen-bond acceptors (Lipinski definition) is 3. The standard InChI is InChI=1S/C15H28N2O2/c1-2-17-11-6-9-15(10-12-17,14(18)19)16-13-7-4-3-5-8-13/h13,16H,2-12H2,1H3,(H,18,19). The number of carbonyl (C=O) groups is 1. The second-order valence-corrected chi connectivity index (χ2v) is 6.15. The van der Waals surface area contributed by atoms with Gasteiger partial charge in [-0.3, -0.25) is 10.1 Å². The molecule has 4 heteroatoms. The van der Waals surface area contributed by atoms with E-state index in [1.165, 1.54) is 19.3 Å². The largest absolute Gasteiger partial charge is 0.480 e. The monoisotopic (exact) mass is 268 g/mol. The summed E-state index contributed by atoms with van der Waals surface area (Å²) < 4.78 is 0. The normalized spacial score (nSPS) is 31.0. The summed E-state index contributed by atoms with van der Waals surface area (Å²) >= 11 is 0. The molecule has 19 heavy (non-hydrogen) atoms. The van der Waals surface area contributed by atoms with Gasteiger partial charge in [-0.2, -0.15) is 0 Å². The fourth-order valence-corrected chi connectivity index (χ4v) is 3.56. The van der Waals surface area contributed by atoms with Crippen molar-refractivity contribution in [3.8, 4) is 0 Å². The zero-order valence-corrected chi connectivity index (χ0v) is 12.2. The first-order valence-electron chi connectivity index (χ1n) is 7.90. The fraction of sp³-hybridized carbons (Fsp3) is 0.933. The van der Waals surface area contributed by atoms with Crippen LogP contribution in [0.25, 0.3) is 0 Å². The molecule has 1 atom stereocenters. The van der Waals surface area contributed by atoms with Gasteiger partial charge >= 0.3 is 5.97 Å². The molecule has 2 N–H and O–H groups in total. The van der Waals surface area contributed by atoms with E-state index in [4.69, 9.17) is 0 Å². The minimum absolute atomic E-state index is 0.415. The summed E-state index contributed by atoms with van der Waals surface area (Å²) in [5, 5.41) is 13.3.